The molecule has 0 aliphatic carbocycles. The van der Waals surface area contributed by atoms with Gasteiger partial charge in [0.2, 0.25) is 0 Å². The van der Waals surface area contributed by atoms with Crippen LogP contribution < -0.4 is 0 Å². The molecule has 0 radical (unpaired) electrons. The van der Waals surface area contributed by atoms with E-state index in [0.717, 1.165) is 11.1 Å². The van der Waals surface area contributed by atoms with E-state index in [0.29, 0.717) is 5.92 Å². The summed E-state index contributed by atoms with van der Waals surface area (Å²) in [5, 5.41) is 9.06. The molecule has 1 N–H and O–H groups in total. The average molecular weight is 158 g/mol. The number of allylic oxidation sites excluding steroid dienone is 1. The van der Waals surface area contributed by atoms with E-state index in [2.05, 4.69) is 12.2 Å². The number of hydrogen-bond donors (Lipinski definition) is 1. The fourth-order valence-electron chi connectivity index (χ4n) is 1.04. The molecule has 0 spiro atoms. The molecule has 0 heterocycles. The molecule has 0 amide bonds. The van der Waals surface area contributed by atoms with Crippen LogP contribution in [0.1, 0.15) is 27.7 Å². The second-order valence-corrected chi connectivity index (χ2v) is 3.26. The lowest BCUT2D eigenvalue weighted by molar-refractivity contribution is 0.556. The molecule has 0 atom stereocenters. The molecule has 0 fully saturated rings. The Hall–Kier alpha value is -0.370. The number of aliphatic hydroxyl groups is 1. The summed E-state index contributed by atoms with van der Waals surface area (Å²) in [4.78, 5) is 0. The zero-order chi connectivity index (χ0) is 8.31. The maximum absolute atomic E-state index is 9.03. The van der Waals surface area contributed by atoms with Gasteiger partial charge in [-0.05, 0) is 32.0 Å². The maximum atomic E-state index is 9.03. The molecule has 0 aromatic carbocycles. The summed E-state index contributed by atoms with van der Waals surface area (Å²) in [6.45, 7) is 7.95. The van der Waals surface area contributed by atoms with Crippen molar-refractivity contribution in [2.75, 3.05) is 0 Å². The minimum atomic E-state index is 0.0370. The van der Waals surface area contributed by atoms with Gasteiger partial charge in [0.1, 0.15) is 0 Å². The van der Waals surface area contributed by atoms with Crippen LogP contribution in [0.5, 0.6) is 0 Å². The third-order valence-electron chi connectivity index (χ3n) is 1.35. The molecular formula is C8H14OS. The second kappa shape index (κ2) is 3.71. The summed E-state index contributed by atoms with van der Waals surface area (Å²) in [5.74, 6) is 0.322. The standard InChI is InChI=1S/C8H14OS/c1-5(2)7(6(3)4)8(9)10/h5H,1-4H3,(H,9,10). The van der Waals surface area contributed by atoms with E-state index in [4.69, 9.17) is 5.11 Å². The monoisotopic (exact) mass is 158 g/mol. The summed E-state index contributed by atoms with van der Waals surface area (Å²) in [5.41, 5.74) is 2.00. The van der Waals surface area contributed by atoms with Crippen molar-refractivity contribution >= 4 is 17.3 Å². The van der Waals surface area contributed by atoms with Crippen LogP contribution in [0.3, 0.4) is 0 Å². The first-order chi connectivity index (χ1) is 4.46. The van der Waals surface area contributed by atoms with Crippen LogP contribution in [-0.2, 0) is 0 Å². The molecular weight excluding hydrogens is 144 g/mol. The molecule has 0 aromatic rings. The summed E-state index contributed by atoms with van der Waals surface area (Å²) >= 11 is 4.67. The minimum Gasteiger partial charge on any atom is -0.499 e. The van der Waals surface area contributed by atoms with Gasteiger partial charge in [-0.15, -0.1) is 0 Å². The highest BCUT2D eigenvalue weighted by Gasteiger charge is 2.08. The topological polar surface area (TPSA) is 20.2 Å². The normalized spacial score (nSPS) is 9.70. The Balaban J connectivity index is 4.61. The summed E-state index contributed by atoms with van der Waals surface area (Å²) in [7, 11) is 0. The van der Waals surface area contributed by atoms with E-state index in [1.807, 2.05) is 27.7 Å². The lowest BCUT2D eigenvalue weighted by Gasteiger charge is -2.09. The maximum Gasteiger partial charge on any atom is 0.184 e. The van der Waals surface area contributed by atoms with E-state index in [9.17, 15) is 0 Å². The first-order valence-corrected chi connectivity index (χ1v) is 3.78. The van der Waals surface area contributed by atoms with Crippen LogP contribution >= 0.6 is 12.2 Å². The van der Waals surface area contributed by atoms with E-state index < -0.39 is 0 Å². The van der Waals surface area contributed by atoms with Gasteiger partial charge < -0.3 is 5.11 Å². The highest BCUT2D eigenvalue weighted by Crippen LogP contribution is 2.15. The average Bonchev–Trinajstić information content (AvgIpc) is 1.59. The van der Waals surface area contributed by atoms with Gasteiger partial charge in [0.15, 0.2) is 5.05 Å². The Morgan fingerprint density at radius 1 is 1.30 bits per heavy atom. The van der Waals surface area contributed by atoms with Crippen molar-refractivity contribution in [1.29, 1.82) is 0 Å². The van der Waals surface area contributed by atoms with Gasteiger partial charge in [0, 0.05) is 5.57 Å². The van der Waals surface area contributed by atoms with Crippen molar-refractivity contribution in [3.63, 3.8) is 0 Å². The quantitative estimate of drug-likeness (QED) is 0.492. The fourth-order valence-corrected chi connectivity index (χ4v) is 1.48. The number of thiocarbonyl (C=S) groups is 1. The first-order valence-electron chi connectivity index (χ1n) is 3.37. The molecule has 0 bridgehead atoms. The molecule has 58 valence electrons. The Morgan fingerprint density at radius 2 is 1.70 bits per heavy atom. The highest BCUT2D eigenvalue weighted by atomic mass is 32.1. The van der Waals surface area contributed by atoms with Crippen LogP contribution in [0.2, 0.25) is 0 Å². The Kier molecular flexibility index (Phi) is 3.58. The molecule has 1 nitrogen and oxygen atoms in total. The number of hydrogen-bond acceptors (Lipinski definition) is 1. The zero-order valence-electron chi connectivity index (χ0n) is 6.93. The molecule has 2 heteroatoms. The van der Waals surface area contributed by atoms with E-state index in [-0.39, 0.29) is 5.05 Å². The lowest BCUT2D eigenvalue weighted by atomic mass is 10.00. The smallest absolute Gasteiger partial charge is 0.184 e. The summed E-state index contributed by atoms with van der Waals surface area (Å²) in [6.07, 6.45) is 0. The van der Waals surface area contributed by atoms with Crippen LogP contribution in [-0.4, -0.2) is 10.2 Å². The van der Waals surface area contributed by atoms with Gasteiger partial charge in [-0.3, -0.25) is 0 Å². The molecule has 0 saturated carbocycles. The predicted molar refractivity (Wildman–Crippen MR) is 48.4 cm³/mol. The van der Waals surface area contributed by atoms with Crippen LogP contribution in [0.25, 0.3) is 0 Å². The first kappa shape index (κ1) is 9.63. The zero-order valence-corrected chi connectivity index (χ0v) is 7.75. The molecule has 0 aliphatic rings. The Labute approximate surface area is 67.8 Å². The van der Waals surface area contributed by atoms with Crippen molar-refractivity contribution in [2.24, 2.45) is 5.92 Å². The third-order valence-corrected chi connectivity index (χ3v) is 1.57. The van der Waals surface area contributed by atoms with Crippen molar-refractivity contribution in [2.45, 2.75) is 27.7 Å². The van der Waals surface area contributed by atoms with Gasteiger partial charge in [0.05, 0.1) is 0 Å². The van der Waals surface area contributed by atoms with Gasteiger partial charge in [0.25, 0.3) is 0 Å². The van der Waals surface area contributed by atoms with Crippen LogP contribution in [0, 0.1) is 5.92 Å². The van der Waals surface area contributed by atoms with Crippen LogP contribution in [0.15, 0.2) is 11.1 Å². The van der Waals surface area contributed by atoms with Gasteiger partial charge in [-0.1, -0.05) is 19.4 Å². The van der Waals surface area contributed by atoms with E-state index in [1.165, 1.54) is 0 Å². The van der Waals surface area contributed by atoms with E-state index >= 15 is 0 Å². The number of rotatable bonds is 2. The molecule has 0 aromatic heterocycles. The van der Waals surface area contributed by atoms with Crippen molar-refractivity contribution in [3.05, 3.63) is 11.1 Å². The lowest BCUT2D eigenvalue weighted by Crippen LogP contribution is -2.06. The molecule has 0 unspecified atom stereocenters. The number of aliphatic hydroxyl groups excluding tert-OH is 1. The molecule has 0 saturated heterocycles. The van der Waals surface area contributed by atoms with Gasteiger partial charge in [-0.2, -0.15) is 0 Å². The van der Waals surface area contributed by atoms with Crippen molar-refractivity contribution in [1.82, 2.24) is 0 Å². The molecule has 0 aliphatic heterocycles. The Morgan fingerprint density at radius 3 is 1.70 bits per heavy atom. The van der Waals surface area contributed by atoms with Crippen molar-refractivity contribution in [3.8, 4) is 0 Å². The SMILES string of the molecule is CC(C)=C(C(O)=S)C(C)C. The summed E-state index contributed by atoms with van der Waals surface area (Å²) < 4.78 is 0. The Bertz CT molecular complexity index is 164. The predicted octanol–water partition coefficient (Wildman–Crippen LogP) is 2.86. The van der Waals surface area contributed by atoms with Crippen molar-refractivity contribution < 1.29 is 5.11 Å². The highest BCUT2D eigenvalue weighted by molar-refractivity contribution is 7.80. The summed E-state index contributed by atoms with van der Waals surface area (Å²) in [6, 6.07) is 0. The van der Waals surface area contributed by atoms with Gasteiger partial charge in [-0.25, -0.2) is 0 Å². The largest absolute Gasteiger partial charge is 0.499 e. The molecule has 10 heavy (non-hydrogen) atoms. The fraction of sp³-hybridized carbons (Fsp3) is 0.625. The second-order valence-electron chi connectivity index (χ2n) is 2.87. The van der Waals surface area contributed by atoms with Gasteiger partial charge >= 0.3 is 0 Å². The van der Waals surface area contributed by atoms with E-state index in [1.54, 1.807) is 0 Å². The minimum absolute atomic E-state index is 0.0370. The van der Waals surface area contributed by atoms with Crippen LogP contribution in [0.4, 0.5) is 0 Å². The molecule has 0 rings (SSSR count). The third kappa shape index (κ3) is 2.48.